The lowest BCUT2D eigenvalue weighted by molar-refractivity contribution is -0.148. The average Bonchev–Trinajstić information content (AvgIpc) is 3.43. The Hall–Kier alpha value is -3.94. The highest BCUT2D eigenvalue weighted by atomic mass is 19.1. The monoisotopic (exact) mass is 449 g/mol. The molecule has 4 aromatic rings. The summed E-state index contributed by atoms with van der Waals surface area (Å²) >= 11 is 0. The molecular weight excluding hydrogens is 429 g/mol. The minimum absolute atomic E-state index is 0.203. The van der Waals surface area contributed by atoms with Crippen molar-refractivity contribution >= 4 is 33.8 Å². The maximum Gasteiger partial charge on any atom is 0.340 e. The third-order valence-corrected chi connectivity index (χ3v) is 6.32. The number of hydrogen-bond donors (Lipinski definition) is 1. The number of fused-ring (bicyclic) bond motifs is 2. The van der Waals surface area contributed by atoms with E-state index in [1.807, 2.05) is 6.07 Å². The third kappa shape index (κ3) is 3.57. The van der Waals surface area contributed by atoms with Gasteiger partial charge in [-0.1, -0.05) is 12.1 Å². The summed E-state index contributed by atoms with van der Waals surface area (Å²) in [7, 11) is 0. The largest absolute Gasteiger partial charge is 0.480 e. The summed E-state index contributed by atoms with van der Waals surface area (Å²) in [5.41, 5.74) is 2.53. The quantitative estimate of drug-likeness (QED) is 0.467. The van der Waals surface area contributed by atoms with Crippen LogP contribution in [0.2, 0.25) is 0 Å². The zero-order valence-corrected chi connectivity index (χ0v) is 17.8. The van der Waals surface area contributed by atoms with Crippen molar-refractivity contribution in [3.63, 3.8) is 0 Å². The van der Waals surface area contributed by atoms with Crippen LogP contribution in [-0.4, -0.2) is 34.5 Å². The molecule has 0 saturated carbocycles. The van der Waals surface area contributed by atoms with Crippen molar-refractivity contribution in [2.24, 2.45) is 0 Å². The number of benzene rings is 2. The van der Waals surface area contributed by atoms with Crippen LogP contribution in [0.4, 0.5) is 4.39 Å². The molecule has 2 aromatic heterocycles. The number of aryl methyl sites for hydroxylation is 1. The maximum atomic E-state index is 13.3. The molecule has 0 aliphatic carbocycles. The molecule has 5 rings (SSSR count). The average molecular weight is 449 g/mol. The van der Waals surface area contributed by atoms with Gasteiger partial charge in [-0.15, -0.1) is 0 Å². The molecule has 1 fully saturated rings. The van der Waals surface area contributed by atoms with E-state index in [0.29, 0.717) is 41.5 Å². The van der Waals surface area contributed by atoms with Crippen molar-refractivity contribution in [2.45, 2.75) is 32.2 Å². The lowest BCUT2D eigenvalue weighted by Crippen LogP contribution is -2.41. The summed E-state index contributed by atoms with van der Waals surface area (Å²) in [4.78, 5) is 38.3. The highest BCUT2D eigenvalue weighted by molar-refractivity contribution is 6.02. The first-order valence-corrected chi connectivity index (χ1v) is 10.6. The normalized spacial score (nSPS) is 16.1. The van der Waals surface area contributed by atoms with Gasteiger partial charge in [-0.05, 0) is 49.1 Å². The molecule has 33 heavy (non-hydrogen) atoms. The number of furan rings is 1. The van der Waals surface area contributed by atoms with Crippen LogP contribution in [0.3, 0.4) is 0 Å². The molecule has 0 bridgehead atoms. The second-order valence-corrected chi connectivity index (χ2v) is 8.25. The van der Waals surface area contributed by atoms with Gasteiger partial charge in [-0.3, -0.25) is 4.79 Å². The number of carboxylic acids is 1. The van der Waals surface area contributed by atoms with E-state index in [0.717, 1.165) is 16.5 Å². The number of carboxylic acid groups (broad SMARTS) is 1. The molecule has 1 aliphatic heterocycles. The van der Waals surface area contributed by atoms with E-state index in [1.165, 1.54) is 17.0 Å². The molecule has 1 N–H and O–H groups in total. The van der Waals surface area contributed by atoms with Gasteiger partial charge in [0.2, 0.25) is 5.91 Å². The first kappa shape index (κ1) is 20.9. The Labute approximate surface area is 187 Å². The molecule has 7 nitrogen and oxygen atoms in total. The number of nitrogens with zero attached hydrogens (tertiary/aromatic N) is 1. The first-order chi connectivity index (χ1) is 15.8. The number of amides is 1. The van der Waals surface area contributed by atoms with E-state index in [9.17, 15) is 23.9 Å². The molecule has 3 heterocycles. The van der Waals surface area contributed by atoms with Crippen molar-refractivity contribution in [3.05, 3.63) is 70.0 Å². The first-order valence-electron chi connectivity index (χ1n) is 10.6. The van der Waals surface area contributed by atoms with E-state index >= 15 is 0 Å². The fourth-order valence-electron chi connectivity index (χ4n) is 4.54. The fraction of sp³-hybridized carbons (Fsp3) is 0.240. The molecule has 1 aliphatic rings. The summed E-state index contributed by atoms with van der Waals surface area (Å²) < 4.78 is 24.5. The van der Waals surface area contributed by atoms with Crippen LogP contribution in [0.5, 0.6) is 0 Å². The number of likely N-dealkylation sites (tertiary alicyclic amines) is 1. The Morgan fingerprint density at radius 1 is 1.15 bits per heavy atom. The second kappa shape index (κ2) is 7.88. The highest BCUT2D eigenvalue weighted by Gasteiger charge is 2.34. The Bertz CT molecular complexity index is 1470. The number of hydrogen-bond acceptors (Lipinski definition) is 5. The number of rotatable bonds is 4. The maximum absolute atomic E-state index is 13.3. The summed E-state index contributed by atoms with van der Waals surface area (Å²) in [6.45, 7) is 2.09. The standard InChI is InChI=1S/C25H20FNO6/c1-13-16-9-18-19(14-4-6-15(26)7-5-14)12-32-21(18)11-22(16)33-25(31)17(13)10-23(28)27-8-2-3-20(27)24(29)30/h4-7,9,11-12,20H,2-3,8,10H2,1H3,(H,29,30)/t20-/m0/s1. The Balaban J connectivity index is 1.58. The van der Waals surface area contributed by atoms with Gasteiger partial charge in [0.05, 0.1) is 18.2 Å². The summed E-state index contributed by atoms with van der Waals surface area (Å²) in [5, 5.41) is 10.8. The van der Waals surface area contributed by atoms with Gasteiger partial charge in [0, 0.05) is 28.9 Å². The van der Waals surface area contributed by atoms with Gasteiger partial charge in [-0.25, -0.2) is 14.0 Å². The zero-order valence-electron chi connectivity index (χ0n) is 17.8. The molecular formula is C25H20FNO6. The summed E-state index contributed by atoms with van der Waals surface area (Å²) in [6.07, 6.45) is 2.34. The summed E-state index contributed by atoms with van der Waals surface area (Å²) in [5.74, 6) is -1.79. The number of halogens is 1. The van der Waals surface area contributed by atoms with E-state index in [1.54, 1.807) is 31.4 Å². The highest BCUT2D eigenvalue weighted by Crippen LogP contribution is 2.34. The van der Waals surface area contributed by atoms with Crippen molar-refractivity contribution in [1.82, 2.24) is 4.90 Å². The van der Waals surface area contributed by atoms with Gasteiger partial charge >= 0.3 is 11.6 Å². The zero-order chi connectivity index (χ0) is 23.3. The summed E-state index contributed by atoms with van der Waals surface area (Å²) in [6, 6.07) is 8.63. The van der Waals surface area contributed by atoms with Gasteiger partial charge in [0.1, 0.15) is 23.0 Å². The lowest BCUT2D eigenvalue weighted by Gasteiger charge is -2.21. The topological polar surface area (TPSA) is 101 Å². The van der Waals surface area contributed by atoms with Gasteiger partial charge in [0.15, 0.2) is 0 Å². The van der Waals surface area contributed by atoms with E-state index in [2.05, 4.69) is 0 Å². The van der Waals surface area contributed by atoms with Crippen LogP contribution in [0, 0.1) is 12.7 Å². The van der Waals surface area contributed by atoms with Crippen LogP contribution < -0.4 is 5.63 Å². The van der Waals surface area contributed by atoms with Crippen molar-refractivity contribution < 1.29 is 27.9 Å². The Morgan fingerprint density at radius 2 is 1.91 bits per heavy atom. The molecule has 168 valence electrons. The van der Waals surface area contributed by atoms with Gasteiger partial charge in [-0.2, -0.15) is 0 Å². The van der Waals surface area contributed by atoms with Crippen molar-refractivity contribution in [1.29, 1.82) is 0 Å². The Morgan fingerprint density at radius 3 is 2.64 bits per heavy atom. The van der Waals surface area contributed by atoms with Gasteiger partial charge < -0.3 is 18.8 Å². The number of carbonyl (C=O) groups excluding carboxylic acids is 1. The number of carbonyl (C=O) groups is 2. The third-order valence-electron chi connectivity index (χ3n) is 6.32. The molecule has 0 radical (unpaired) electrons. The van der Waals surface area contributed by atoms with Crippen molar-refractivity contribution in [3.8, 4) is 11.1 Å². The predicted octanol–water partition coefficient (Wildman–Crippen LogP) is 4.27. The molecule has 0 spiro atoms. The van der Waals surface area contributed by atoms with E-state index < -0.39 is 23.5 Å². The SMILES string of the molecule is Cc1c(CC(=O)N2CCC[C@H]2C(=O)O)c(=O)oc2cc3occ(-c4ccc(F)cc4)c3cc12. The van der Waals surface area contributed by atoms with Crippen LogP contribution in [0.1, 0.15) is 24.0 Å². The lowest BCUT2D eigenvalue weighted by atomic mass is 9.99. The number of aliphatic carboxylic acids is 1. The van der Waals surface area contributed by atoms with Crippen molar-refractivity contribution in [2.75, 3.05) is 6.54 Å². The smallest absolute Gasteiger partial charge is 0.340 e. The van der Waals surface area contributed by atoms with Crippen LogP contribution in [0.15, 0.2) is 56.3 Å². The minimum Gasteiger partial charge on any atom is -0.480 e. The van der Waals surface area contributed by atoms with Crippen LogP contribution in [0.25, 0.3) is 33.1 Å². The second-order valence-electron chi connectivity index (χ2n) is 8.25. The van der Waals surface area contributed by atoms with Crippen LogP contribution in [-0.2, 0) is 16.0 Å². The molecule has 8 heteroatoms. The molecule has 1 atom stereocenters. The Kier molecular flexibility index (Phi) is 5.00. The predicted molar refractivity (Wildman–Crippen MR) is 118 cm³/mol. The molecule has 1 saturated heterocycles. The molecule has 0 unspecified atom stereocenters. The fourth-order valence-corrected chi connectivity index (χ4v) is 4.54. The van der Waals surface area contributed by atoms with Crippen LogP contribution >= 0.6 is 0 Å². The minimum atomic E-state index is -1.04. The van der Waals surface area contributed by atoms with Gasteiger partial charge in [0.25, 0.3) is 0 Å². The molecule has 2 aromatic carbocycles. The molecule has 1 amide bonds. The van der Waals surface area contributed by atoms with E-state index in [-0.39, 0.29) is 17.8 Å². The van der Waals surface area contributed by atoms with E-state index in [4.69, 9.17) is 8.83 Å².